The lowest BCUT2D eigenvalue weighted by Crippen LogP contribution is -2.30. The van der Waals surface area contributed by atoms with Gasteiger partial charge in [0.1, 0.15) is 5.82 Å². The van der Waals surface area contributed by atoms with Gasteiger partial charge in [0, 0.05) is 26.2 Å². The molecular weight excluding hydrogens is 245 g/mol. The highest BCUT2D eigenvalue weighted by atomic mass is 19.1. The van der Waals surface area contributed by atoms with Crippen LogP contribution in [0.2, 0.25) is 0 Å². The van der Waals surface area contributed by atoms with E-state index in [0.717, 1.165) is 19.4 Å². The predicted octanol–water partition coefficient (Wildman–Crippen LogP) is 2.30. The fourth-order valence-electron chi connectivity index (χ4n) is 2.34. The molecule has 1 aliphatic rings. The van der Waals surface area contributed by atoms with Gasteiger partial charge in [-0.05, 0) is 36.8 Å². The third-order valence-corrected chi connectivity index (χ3v) is 3.40. The van der Waals surface area contributed by atoms with E-state index in [9.17, 15) is 9.18 Å². The number of halogens is 1. The van der Waals surface area contributed by atoms with Gasteiger partial charge in [0.25, 0.3) is 0 Å². The molecule has 1 aromatic carbocycles. The third-order valence-electron chi connectivity index (χ3n) is 3.40. The summed E-state index contributed by atoms with van der Waals surface area (Å²) in [4.78, 5) is 11.7. The smallest absolute Gasteiger partial charge is 0.220 e. The second-order valence-corrected chi connectivity index (χ2v) is 4.98. The minimum Gasteiger partial charge on any atom is -0.381 e. The summed E-state index contributed by atoms with van der Waals surface area (Å²) in [6.45, 7) is 1.97. The maximum atomic E-state index is 13.4. The second kappa shape index (κ2) is 7.24. The molecule has 0 unspecified atom stereocenters. The standard InChI is InChI=1S/C15H20FNO2/c16-14-6-2-1-5-13(14)7-8-17-15(18)10-12-4-3-9-19-11-12/h1-2,5-6,12H,3-4,7-11H2,(H,17,18)/t12-/m0/s1. The van der Waals surface area contributed by atoms with E-state index < -0.39 is 0 Å². The Kier molecular flexibility index (Phi) is 5.33. The topological polar surface area (TPSA) is 38.3 Å². The van der Waals surface area contributed by atoms with Crippen molar-refractivity contribution in [1.82, 2.24) is 5.32 Å². The lowest BCUT2D eigenvalue weighted by molar-refractivity contribution is -0.123. The highest BCUT2D eigenvalue weighted by Gasteiger charge is 2.17. The van der Waals surface area contributed by atoms with E-state index in [4.69, 9.17) is 4.74 Å². The number of hydrogen-bond acceptors (Lipinski definition) is 2. The average Bonchev–Trinajstić information content (AvgIpc) is 2.42. The van der Waals surface area contributed by atoms with Crippen LogP contribution in [0.5, 0.6) is 0 Å². The average molecular weight is 265 g/mol. The number of benzene rings is 1. The molecule has 0 aromatic heterocycles. The molecule has 104 valence electrons. The Labute approximate surface area is 113 Å². The molecule has 0 saturated carbocycles. The first-order chi connectivity index (χ1) is 9.25. The van der Waals surface area contributed by atoms with Crippen LogP contribution >= 0.6 is 0 Å². The van der Waals surface area contributed by atoms with Crippen LogP contribution in [0.15, 0.2) is 24.3 Å². The molecule has 2 rings (SSSR count). The number of nitrogens with one attached hydrogen (secondary N) is 1. The van der Waals surface area contributed by atoms with E-state index in [1.807, 2.05) is 0 Å². The van der Waals surface area contributed by atoms with Gasteiger partial charge >= 0.3 is 0 Å². The maximum Gasteiger partial charge on any atom is 0.220 e. The van der Waals surface area contributed by atoms with Crippen LogP contribution in [0.3, 0.4) is 0 Å². The molecule has 1 amide bonds. The molecule has 0 spiro atoms. The Morgan fingerprint density at radius 2 is 2.26 bits per heavy atom. The van der Waals surface area contributed by atoms with Crippen molar-refractivity contribution in [3.63, 3.8) is 0 Å². The van der Waals surface area contributed by atoms with Crippen molar-refractivity contribution in [1.29, 1.82) is 0 Å². The van der Waals surface area contributed by atoms with E-state index in [0.29, 0.717) is 37.5 Å². The molecule has 0 aliphatic carbocycles. The van der Waals surface area contributed by atoms with Crippen LogP contribution < -0.4 is 5.32 Å². The van der Waals surface area contributed by atoms with Crippen molar-refractivity contribution in [2.45, 2.75) is 25.7 Å². The van der Waals surface area contributed by atoms with Crippen LogP contribution in [0, 0.1) is 11.7 Å². The lowest BCUT2D eigenvalue weighted by Gasteiger charge is -2.21. The van der Waals surface area contributed by atoms with Crippen molar-refractivity contribution < 1.29 is 13.9 Å². The predicted molar refractivity (Wildman–Crippen MR) is 71.3 cm³/mol. The van der Waals surface area contributed by atoms with Crippen molar-refractivity contribution in [2.75, 3.05) is 19.8 Å². The van der Waals surface area contributed by atoms with E-state index in [1.165, 1.54) is 6.07 Å². The quantitative estimate of drug-likeness (QED) is 0.887. The molecule has 1 N–H and O–H groups in total. The van der Waals surface area contributed by atoms with E-state index in [1.54, 1.807) is 18.2 Å². The van der Waals surface area contributed by atoms with Crippen LogP contribution in [0.25, 0.3) is 0 Å². The van der Waals surface area contributed by atoms with Crippen LogP contribution in [0.1, 0.15) is 24.8 Å². The summed E-state index contributed by atoms with van der Waals surface area (Å²) < 4.78 is 18.7. The Balaban J connectivity index is 1.67. The molecule has 3 nitrogen and oxygen atoms in total. The molecule has 1 aromatic rings. The first-order valence-corrected chi connectivity index (χ1v) is 6.83. The summed E-state index contributed by atoms with van der Waals surface area (Å²) in [6, 6.07) is 6.66. The van der Waals surface area contributed by atoms with Gasteiger partial charge in [0.15, 0.2) is 0 Å². The van der Waals surface area contributed by atoms with Crippen molar-refractivity contribution in [3.05, 3.63) is 35.6 Å². The van der Waals surface area contributed by atoms with E-state index in [2.05, 4.69) is 5.32 Å². The monoisotopic (exact) mass is 265 g/mol. The molecule has 1 saturated heterocycles. The largest absolute Gasteiger partial charge is 0.381 e. The first-order valence-electron chi connectivity index (χ1n) is 6.83. The fraction of sp³-hybridized carbons (Fsp3) is 0.533. The summed E-state index contributed by atoms with van der Waals surface area (Å²) in [5.41, 5.74) is 0.642. The zero-order valence-electron chi connectivity index (χ0n) is 11.0. The maximum absolute atomic E-state index is 13.4. The van der Waals surface area contributed by atoms with Crippen molar-refractivity contribution >= 4 is 5.91 Å². The third kappa shape index (κ3) is 4.63. The Morgan fingerprint density at radius 1 is 1.42 bits per heavy atom. The number of carbonyl (C=O) groups excluding carboxylic acids is 1. The Hall–Kier alpha value is -1.42. The summed E-state index contributed by atoms with van der Waals surface area (Å²) in [5, 5.41) is 2.84. The summed E-state index contributed by atoms with van der Waals surface area (Å²) in [6.07, 6.45) is 3.13. The van der Waals surface area contributed by atoms with Gasteiger partial charge in [0.05, 0.1) is 0 Å². The van der Waals surface area contributed by atoms with Crippen LogP contribution in [0.4, 0.5) is 4.39 Å². The van der Waals surface area contributed by atoms with Crippen LogP contribution in [-0.4, -0.2) is 25.7 Å². The summed E-state index contributed by atoms with van der Waals surface area (Å²) >= 11 is 0. The number of rotatable bonds is 5. The fourth-order valence-corrected chi connectivity index (χ4v) is 2.34. The number of hydrogen-bond donors (Lipinski definition) is 1. The van der Waals surface area contributed by atoms with Gasteiger partial charge in [0.2, 0.25) is 5.91 Å². The minimum atomic E-state index is -0.211. The SMILES string of the molecule is O=C(C[C@@H]1CCCOC1)NCCc1ccccc1F. The first kappa shape index (κ1) is 14.0. The second-order valence-electron chi connectivity index (χ2n) is 4.98. The zero-order chi connectivity index (χ0) is 13.5. The number of amides is 1. The van der Waals surface area contributed by atoms with Crippen LogP contribution in [-0.2, 0) is 16.0 Å². The lowest BCUT2D eigenvalue weighted by atomic mass is 9.98. The molecule has 0 radical (unpaired) electrons. The molecule has 4 heteroatoms. The van der Waals surface area contributed by atoms with Gasteiger partial charge in [-0.15, -0.1) is 0 Å². The normalized spacial score (nSPS) is 19.1. The number of carbonyl (C=O) groups is 1. The zero-order valence-corrected chi connectivity index (χ0v) is 11.0. The molecule has 1 atom stereocenters. The molecule has 1 aliphatic heterocycles. The highest BCUT2D eigenvalue weighted by molar-refractivity contribution is 5.76. The van der Waals surface area contributed by atoms with Crippen molar-refractivity contribution in [3.8, 4) is 0 Å². The van der Waals surface area contributed by atoms with Gasteiger partial charge in [-0.3, -0.25) is 4.79 Å². The summed E-state index contributed by atoms with van der Waals surface area (Å²) in [7, 11) is 0. The van der Waals surface area contributed by atoms with Gasteiger partial charge in [-0.2, -0.15) is 0 Å². The Bertz CT molecular complexity index is 416. The summed E-state index contributed by atoms with van der Waals surface area (Å²) in [5.74, 6) is 0.159. The molecule has 0 bridgehead atoms. The molecule has 1 fully saturated rings. The van der Waals surface area contributed by atoms with Gasteiger partial charge in [-0.25, -0.2) is 4.39 Å². The van der Waals surface area contributed by atoms with E-state index in [-0.39, 0.29) is 11.7 Å². The molecule has 1 heterocycles. The molecular formula is C15H20FNO2. The van der Waals surface area contributed by atoms with Gasteiger partial charge in [-0.1, -0.05) is 18.2 Å². The Morgan fingerprint density at radius 3 is 3.00 bits per heavy atom. The highest BCUT2D eigenvalue weighted by Crippen LogP contribution is 2.16. The number of ether oxygens (including phenoxy) is 1. The van der Waals surface area contributed by atoms with Gasteiger partial charge < -0.3 is 10.1 Å². The van der Waals surface area contributed by atoms with Crippen molar-refractivity contribution in [2.24, 2.45) is 5.92 Å². The minimum absolute atomic E-state index is 0.0341. The molecule has 19 heavy (non-hydrogen) atoms. The van der Waals surface area contributed by atoms with E-state index >= 15 is 0 Å².